The number of ether oxygens (including phenoxy) is 1. The maximum Gasteiger partial charge on any atom is 0.294 e. The molecular formula is C20H35N3O5S. The van der Waals surface area contributed by atoms with E-state index in [9.17, 15) is 13.2 Å². The Morgan fingerprint density at radius 3 is 2.45 bits per heavy atom. The summed E-state index contributed by atoms with van der Waals surface area (Å²) in [5, 5.41) is 2.90. The quantitative estimate of drug-likeness (QED) is 0.559. The van der Waals surface area contributed by atoms with Gasteiger partial charge in [-0.2, -0.15) is 8.42 Å². The number of hydrogen-bond donors (Lipinski definition) is 3. The Balaban J connectivity index is 0.000000308. The van der Waals surface area contributed by atoms with Gasteiger partial charge in [0, 0.05) is 26.2 Å². The highest BCUT2D eigenvalue weighted by molar-refractivity contribution is 7.85. The number of rotatable bonds is 7. The Bertz CT molecular complexity index is 748. The Morgan fingerprint density at radius 1 is 1.31 bits per heavy atom. The highest BCUT2D eigenvalue weighted by Gasteiger charge is 2.19. The smallest absolute Gasteiger partial charge is 0.294 e. The summed E-state index contributed by atoms with van der Waals surface area (Å²) in [6.07, 6.45) is 0.929. The molecule has 8 nitrogen and oxygen atoms in total. The first-order valence-electron chi connectivity index (χ1n) is 9.95. The molecule has 29 heavy (non-hydrogen) atoms. The van der Waals surface area contributed by atoms with Crippen LogP contribution in [-0.2, 0) is 19.6 Å². The minimum Gasteiger partial charge on any atom is -0.379 e. The van der Waals surface area contributed by atoms with Gasteiger partial charge in [0.25, 0.3) is 10.1 Å². The van der Waals surface area contributed by atoms with Gasteiger partial charge >= 0.3 is 0 Å². The molecule has 0 aliphatic carbocycles. The molecule has 1 heterocycles. The molecule has 2 unspecified atom stereocenters. The predicted octanol–water partition coefficient (Wildman–Crippen LogP) is 1.36. The molecule has 2 rings (SSSR count). The normalized spacial score (nSPS) is 17.0. The molecule has 1 saturated heterocycles. The van der Waals surface area contributed by atoms with Crippen LogP contribution >= 0.6 is 0 Å². The SMILES string of the molecule is CCC(C)C(N)C(=O)NCCN1CCOCC1.Cc1cccc(S(=O)(=O)O)c1C. The summed E-state index contributed by atoms with van der Waals surface area (Å²) in [5.41, 5.74) is 7.29. The number of benzene rings is 1. The van der Waals surface area contributed by atoms with E-state index in [-0.39, 0.29) is 22.8 Å². The van der Waals surface area contributed by atoms with Crippen LogP contribution in [-0.4, -0.2) is 69.2 Å². The average Bonchev–Trinajstić information content (AvgIpc) is 2.69. The minimum absolute atomic E-state index is 0.0116. The monoisotopic (exact) mass is 429 g/mol. The summed E-state index contributed by atoms with van der Waals surface area (Å²) < 4.78 is 35.6. The highest BCUT2D eigenvalue weighted by Crippen LogP contribution is 2.17. The topological polar surface area (TPSA) is 122 Å². The summed E-state index contributed by atoms with van der Waals surface area (Å²) in [4.78, 5) is 14.0. The number of nitrogens with two attached hydrogens (primary N) is 1. The molecule has 9 heteroatoms. The average molecular weight is 430 g/mol. The van der Waals surface area contributed by atoms with Crippen LogP contribution in [0.3, 0.4) is 0 Å². The molecule has 1 amide bonds. The zero-order valence-electron chi connectivity index (χ0n) is 17.8. The van der Waals surface area contributed by atoms with Gasteiger partial charge in [0.2, 0.25) is 5.91 Å². The lowest BCUT2D eigenvalue weighted by molar-refractivity contribution is -0.123. The van der Waals surface area contributed by atoms with Gasteiger partial charge in [-0.25, -0.2) is 0 Å². The van der Waals surface area contributed by atoms with Crippen LogP contribution in [0.25, 0.3) is 0 Å². The van der Waals surface area contributed by atoms with Crippen molar-refractivity contribution in [3.63, 3.8) is 0 Å². The van der Waals surface area contributed by atoms with Gasteiger partial charge < -0.3 is 15.8 Å². The van der Waals surface area contributed by atoms with Crippen molar-refractivity contribution < 1.29 is 22.5 Å². The number of nitrogens with zero attached hydrogens (tertiary/aromatic N) is 1. The van der Waals surface area contributed by atoms with Crippen LogP contribution in [0.5, 0.6) is 0 Å². The standard InChI is InChI=1S/C12H25N3O2.C8H10O3S/c1-3-10(2)11(13)12(16)14-4-5-15-6-8-17-9-7-15;1-6-4-3-5-8(7(6)2)12(9,10)11/h10-11H,3-9,13H2,1-2H3,(H,14,16);3-5H,1-2H3,(H,9,10,11). The van der Waals surface area contributed by atoms with Gasteiger partial charge in [-0.15, -0.1) is 0 Å². The molecular weight excluding hydrogens is 394 g/mol. The molecule has 4 N–H and O–H groups in total. The maximum absolute atomic E-state index is 11.7. The van der Waals surface area contributed by atoms with Crippen LogP contribution < -0.4 is 11.1 Å². The molecule has 166 valence electrons. The first-order chi connectivity index (χ1) is 13.6. The second-order valence-electron chi connectivity index (χ2n) is 7.33. The van der Waals surface area contributed by atoms with E-state index in [1.165, 1.54) is 6.07 Å². The molecule has 1 aromatic rings. The largest absolute Gasteiger partial charge is 0.379 e. The van der Waals surface area contributed by atoms with Crippen molar-refractivity contribution in [2.45, 2.75) is 45.1 Å². The number of morpholine rings is 1. The minimum atomic E-state index is -4.06. The van der Waals surface area contributed by atoms with Gasteiger partial charge in [0.1, 0.15) is 0 Å². The Morgan fingerprint density at radius 2 is 1.93 bits per heavy atom. The molecule has 0 bridgehead atoms. The second-order valence-corrected chi connectivity index (χ2v) is 8.72. The lowest BCUT2D eigenvalue weighted by Crippen LogP contribution is -2.47. The molecule has 0 saturated carbocycles. The fraction of sp³-hybridized carbons (Fsp3) is 0.650. The van der Waals surface area contributed by atoms with Gasteiger partial charge in [-0.1, -0.05) is 32.4 Å². The predicted molar refractivity (Wildman–Crippen MR) is 113 cm³/mol. The number of nitrogens with one attached hydrogen (secondary N) is 1. The lowest BCUT2D eigenvalue weighted by atomic mass is 9.99. The van der Waals surface area contributed by atoms with E-state index in [0.717, 1.165) is 44.8 Å². The van der Waals surface area contributed by atoms with Crippen molar-refractivity contribution in [2.24, 2.45) is 11.7 Å². The molecule has 0 aromatic heterocycles. The van der Waals surface area contributed by atoms with Gasteiger partial charge in [0.05, 0.1) is 24.2 Å². The molecule has 1 aliphatic heterocycles. The number of carbonyl (C=O) groups is 1. The summed E-state index contributed by atoms with van der Waals surface area (Å²) in [6, 6.07) is 4.40. The molecule has 1 aliphatic rings. The van der Waals surface area contributed by atoms with Crippen molar-refractivity contribution in [1.29, 1.82) is 0 Å². The van der Waals surface area contributed by atoms with Crippen LogP contribution in [0.1, 0.15) is 31.4 Å². The lowest BCUT2D eigenvalue weighted by Gasteiger charge is -2.27. The highest BCUT2D eigenvalue weighted by atomic mass is 32.2. The first-order valence-corrected chi connectivity index (χ1v) is 11.4. The van der Waals surface area contributed by atoms with Crippen LogP contribution in [0.15, 0.2) is 23.1 Å². The number of aryl methyl sites for hydroxylation is 1. The summed E-state index contributed by atoms with van der Waals surface area (Å²) in [7, 11) is -4.06. The van der Waals surface area contributed by atoms with Crippen LogP contribution in [0, 0.1) is 19.8 Å². The second kappa shape index (κ2) is 12.2. The summed E-state index contributed by atoms with van der Waals surface area (Å²) in [6.45, 7) is 12.5. The number of hydrogen-bond acceptors (Lipinski definition) is 6. The van der Waals surface area contributed by atoms with Gasteiger partial charge in [-0.3, -0.25) is 14.2 Å². The van der Waals surface area contributed by atoms with E-state index in [2.05, 4.69) is 10.2 Å². The van der Waals surface area contributed by atoms with Gasteiger partial charge in [0.15, 0.2) is 0 Å². The number of carbonyl (C=O) groups excluding carboxylic acids is 1. The zero-order valence-corrected chi connectivity index (χ0v) is 18.7. The van der Waals surface area contributed by atoms with E-state index in [1.54, 1.807) is 26.0 Å². The fourth-order valence-electron chi connectivity index (χ4n) is 2.80. The van der Waals surface area contributed by atoms with Crippen molar-refractivity contribution >= 4 is 16.0 Å². The Kier molecular flexibility index (Phi) is 10.8. The van der Waals surface area contributed by atoms with Crippen molar-refractivity contribution in [3.05, 3.63) is 29.3 Å². The van der Waals surface area contributed by atoms with Crippen LogP contribution in [0.4, 0.5) is 0 Å². The molecule has 1 aromatic carbocycles. The van der Waals surface area contributed by atoms with Crippen molar-refractivity contribution in [1.82, 2.24) is 10.2 Å². The Hall–Kier alpha value is -1.52. The first kappa shape index (κ1) is 25.5. The third kappa shape index (κ3) is 8.79. The van der Waals surface area contributed by atoms with Crippen molar-refractivity contribution in [3.8, 4) is 0 Å². The summed E-state index contributed by atoms with van der Waals surface area (Å²) in [5.74, 6) is 0.200. The van der Waals surface area contributed by atoms with E-state index >= 15 is 0 Å². The van der Waals surface area contributed by atoms with E-state index in [1.807, 2.05) is 13.8 Å². The van der Waals surface area contributed by atoms with Crippen molar-refractivity contribution in [2.75, 3.05) is 39.4 Å². The summed E-state index contributed by atoms with van der Waals surface area (Å²) >= 11 is 0. The molecule has 0 spiro atoms. The van der Waals surface area contributed by atoms with E-state index in [4.69, 9.17) is 15.0 Å². The fourth-order valence-corrected chi connectivity index (χ4v) is 3.59. The molecule has 1 fully saturated rings. The molecule has 0 radical (unpaired) electrons. The zero-order chi connectivity index (χ0) is 22.0. The Labute approximate surface area is 174 Å². The molecule has 2 atom stereocenters. The maximum atomic E-state index is 11.7. The van der Waals surface area contributed by atoms with E-state index in [0.29, 0.717) is 12.1 Å². The van der Waals surface area contributed by atoms with Crippen LogP contribution in [0.2, 0.25) is 0 Å². The van der Waals surface area contributed by atoms with Gasteiger partial charge in [-0.05, 0) is 37.0 Å². The van der Waals surface area contributed by atoms with E-state index < -0.39 is 10.1 Å². The number of amides is 1. The third-order valence-electron chi connectivity index (χ3n) is 5.22. The third-order valence-corrected chi connectivity index (χ3v) is 6.22.